The molecule has 0 saturated carbocycles. The third-order valence-corrected chi connectivity index (χ3v) is 2.66. The lowest BCUT2D eigenvalue weighted by Crippen LogP contribution is -2.04. The van der Waals surface area contributed by atoms with Crippen LogP contribution in [0.2, 0.25) is 0 Å². The summed E-state index contributed by atoms with van der Waals surface area (Å²) in [5, 5.41) is 0. The van der Waals surface area contributed by atoms with Crippen LogP contribution in [0.1, 0.15) is 37.9 Å². The summed E-state index contributed by atoms with van der Waals surface area (Å²) in [5.41, 5.74) is 5.61. The number of fused-ring (bicyclic) bond motifs is 1. The molecule has 1 aliphatic carbocycles. The lowest BCUT2D eigenvalue weighted by Gasteiger charge is -2.19. The largest absolute Gasteiger partial charge is 0.261 e. The second-order valence-electron chi connectivity index (χ2n) is 3.83. The molecule has 2 rings (SSSR count). The maximum absolute atomic E-state index is 4.42. The van der Waals surface area contributed by atoms with E-state index in [9.17, 15) is 0 Å². The third kappa shape index (κ3) is 1.51. The van der Waals surface area contributed by atoms with Crippen LogP contribution in [0.15, 0.2) is 23.9 Å². The number of hydrogen-bond donors (Lipinski definition) is 0. The van der Waals surface area contributed by atoms with Crippen molar-refractivity contribution in [1.29, 1.82) is 0 Å². The van der Waals surface area contributed by atoms with Gasteiger partial charge in [0.2, 0.25) is 0 Å². The average molecular weight is 173 g/mol. The Morgan fingerprint density at radius 1 is 1.31 bits per heavy atom. The monoisotopic (exact) mass is 173 g/mol. The molecule has 0 spiro atoms. The number of hydrogen-bond acceptors (Lipinski definition) is 1. The molecule has 0 unspecified atom stereocenters. The van der Waals surface area contributed by atoms with Crippen LogP contribution < -0.4 is 0 Å². The summed E-state index contributed by atoms with van der Waals surface area (Å²) in [4.78, 5) is 4.42. The quantitative estimate of drug-likeness (QED) is 0.587. The van der Waals surface area contributed by atoms with E-state index < -0.39 is 0 Å². The Morgan fingerprint density at radius 2 is 2.15 bits per heavy atom. The predicted octanol–water partition coefficient (Wildman–Crippen LogP) is 3.21. The van der Waals surface area contributed by atoms with Gasteiger partial charge in [-0.15, -0.1) is 0 Å². The van der Waals surface area contributed by atoms with Crippen LogP contribution in [0.4, 0.5) is 0 Å². The molecule has 13 heavy (non-hydrogen) atoms. The zero-order chi connectivity index (χ0) is 9.26. The molecular weight excluding hydrogens is 158 g/mol. The molecule has 1 heteroatoms. The topological polar surface area (TPSA) is 12.9 Å². The van der Waals surface area contributed by atoms with E-state index >= 15 is 0 Å². The molecule has 1 aliphatic rings. The molecule has 1 aromatic rings. The Balaban J connectivity index is 2.55. The van der Waals surface area contributed by atoms with Gasteiger partial charge in [-0.25, -0.2) is 0 Å². The lowest BCUT2D eigenvalue weighted by atomic mass is 9.88. The Bertz CT molecular complexity index is 346. The molecule has 0 saturated heterocycles. The molecule has 1 heterocycles. The van der Waals surface area contributed by atoms with Gasteiger partial charge in [0.15, 0.2) is 0 Å². The molecule has 0 N–H and O–H groups in total. The number of aryl methyl sites for hydroxylation is 1. The van der Waals surface area contributed by atoms with E-state index in [4.69, 9.17) is 0 Å². The maximum atomic E-state index is 4.42. The molecule has 68 valence electrons. The number of allylic oxidation sites excluding steroid dienone is 2. The standard InChI is InChI=1S/C12H15N/c1-9(2)10-5-3-7-12-11(10)6-4-8-13-12/h4,6,8H,3,5,7H2,1-2H3. The summed E-state index contributed by atoms with van der Waals surface area (Å²) in [5.74, 6) is 0. The van der Waals surface area contributed by atoms with Crippen molar-refractivity contribution in [1.82, 2.24) is 4.98 Å². The first-order chi connectivity index (χ1) is 6.29. The second kappa shape index (κ2) is 3.33. The molecule has 0 radical (unpaired) electrons. The highest BCUT2D eigenvalue weighted by atomic mass is 14.7. The van der Waals surface area contributed by atoms with Gasteiger partial charge in [-0.1, -0.05) is 11.6 Å². The van der Waals surface area contributed by atoms with Crippen molar-refractivity contribution in [3.05, 3.63) is 35.2 Å². The molecule has 1 aromatic heterocycles. The summed E-state index contributed by atoms with van der Waals surface area (Å²) in [6, 6.07) is 4.23. The highest BCUT2D eigenvalue weighted by Gasteiger charge is 2.14. The number of aromatic nitrogens is 1. The minimum atomic E-state index is 1.15. The van der Waals surface area contributed by atoms with Crippen molar-refractivity contribution < 1.29 is 0 Å². The SMILES string of the molecule is CC(C)=C1CCCc2ncccc21. The van der Waals surface area contributed by atoms with Crippen LogP contribution in [-0.4, -0.2) is 4.98 Å². The van der Waals surface area contributed by atoms with Gasteiger partial charge >= 0.3 is 0 Å². The first-order valence-electron chi connectivity index (χ1n) is 4.89. The molecule has 0 aliphatic heterocycles. The van der Waals surface area contributed by atoms with Gasteiger partial charge < -0.3 is 0 Å². The van der Waals surface area contributed by atoms with E-state index in [0.29, 0.717) is 0 Å². The molecule has 0 fully saturated rings. The summed E-state index contributed by atoms with van der Waals surface area (Å²) in [7, 11) is 0. The van der Waals surface area contributed by atoms with E-state index in [0.717, 1.165) is 6.42 Å². The zero-order valence-corrected chi connectivity index (χ0v) is 8.30. The third-order valence-electron chi connectivity index (χ3n) is 2.66. The van der Waals surface area contributed by atoms with E-state index in [2.05, 4.69) is 24.9 Å². The van der Waals surface area contributed by atoms with Crippen molar-refractivity contribution in [2.24, 2.45) is 0 Å². The Hall–Kier alpha value is -1.11. The molecule has 1 nitrogen and oxygen atoms in total. The number of nitrogens with zero attached hydrogens (tertiary/aromatic N) is 1. The fourth-order valence-electron chi connectivity index (χ4n) is 2.00. The van der Waals surface area contributed by atoms with E-state index in [-0.39, 0.29) is 0 Å². The van der Waals surface area contributed by atoms with Gasteiger partial charge in [0.25, 0.3) is 0 Å². The van der Waals surface area contributed by atoms with E-state index in [1.807, 2.05) is 12.3 Å². The molecule has 0 amide bonds. The fourth-order valence-corrected chi connectivity index (χ4v) is 2.00. The van der Waals surface area contributed by atoms with Crippen molar-refractivity contribution in [2.75, 3.05) is 0 Å². The van der Waals surface area contributed by atoms with Gasteiger partial charge in [-0.3, -0.25) is 4.98 Å². The van der Waals surface area contributed by atoms with Gasteiger partial charge in [0, 0.05) is 11.9 Å². The maximum Gasteiger partial charge on any atom is 0.0478 e. The van der Waals surface area contributed by atoms with Crippen LogP contribution in [0.5, 0.6) is 0 Å². The van der Waals surface area contributed by atoms with Crippen LogP contribution in [0.25, 0.3) is 5.57 Å². The Morgan fingerprint density at radius 3 is 2.92 bits per heavy atom. The van der Waals surface area contributed by atoms with E-state index in [1.54, 1.807) is 0 Å². The molecule has 0 bridgehead atoms. The first-order valence-corrected chi connectivity index (χ1v) is 4.89. The van der Waals surface area contributed by atoms with Crippen molar-refractivity contribution in [3.8, 4) is 0 Å². The lowest BCUT2D eigenvalue weighted by molar-refractivity contribution is 0.789. The van der Waals surface area contributed by atoms with Crippen LogP contribution in [0.3, 0.4) is 0 Å². The Labute approximate surface area is 79.5 Å². The molecular formula is C12H15N. The normalized spacial score (nSPS) is 15.4. The first kappa shape index (κ1) is 8.49. The van der Waals surface area contributed by atoms with Crippen molar-refractivity contribution in [2.45, 2.75) is 33.1 Å². The smallest absolute Gasteiger partial charge is 0.0478 e. The van der Waals surface area contributed by atoms with Crippen LogP contribution in [-0.2, 0) is 6.42 Å². The zero-order valence-electron chi connectivity index (χ0n) is 8.30. The summed E-state index contributed by atoms with van der Waals surface area (Å²) >= 11 is 0. The summed E-state index contributed by atoms with van der Waals surface area (Å²) < 4.78 is 0. The molecule has 0 atom stereocenters. The van der Waals surface area contributed by atoms with Crippen molar-refractivity contribution >= 4 is 5.57 Å². The number of pyridine rings is 1. The average Bonchev–Trinajstić information content (AvgIpc) is 2.17. The predicted molar refractivity (Wildman–Crippen MR) is 55.4 cm³/mol. The van der Waals surface area contributed by atoms with Gasteiger partial charge in [-0.2, -0.15) is 0 Å². The van der Waals surface area contributed by atoms with Gasteiger partial charge in [-0.05, 0) is 50.3 Å². The van der Waals surface area contributed by atoms with Gasteiger partial charge in [0.1, 0.15) is 0 Å². The number of rotatable bonds is 0. The van der Waals surface area contributed by atoms with Gasteiger partial charge in [0.05, 0.1) is 0 Å². The minimum Gasteiger partial charge on any atom is -0.261 e. The second-order valence-corrected chi connectivity index (χ2v) is 3.83. The summed E-state index contributed by atoms with van der Waals surface area (Å²) in [6.45, 7) is 4.38. The molecule has 0 aromatic carbocycles. The highest BCUT2D eigenvalue weighted by molar-refractivity contribution is 5.70. The van der Waals surface area contributed by atoms with Crippen molar-refractivity contribution in [3.63, 3.8) is 0 Å². The van der Waals surface area contributed by atoms with E-state index in [1.165, 1.54) is 35.2 Å². The highest BCUT2D eigenvalue weighted by Crippen LogP contribution is 2.31. The van der Waals surface area contributed by atoms with Crippen LogP contribution in [0, 0.1) is 0 Å². The minimum absolute atomic E-state index is 1.15. The summed E-state index contributed by atoms with van der Waals surface area (Å²) in [6.07, 6.45) is 5.52. The Kier molecular flexibility index (Phi) is 2.17. The van der Waals surface area contributed by atoms with Crippen LogP contribution >= 0.6 is 0 Å². The fraction of sp³-hybridized carbons (Fsp3) is 0.417.